The smallest absolute Gasteiger partial charge is 0.150 e. The highest BCUT2D eigenvalue weighted by Gasteiger charge is 1.96. The molecule has 0 atom stereocenters. The van der Waals surface area contributed by atoms with E-state index in [0.717, 1.165) is 12.0 Å². The van der Waals surface area contributed by atoms with Gasteiger partial charge in [0.15, 0.2) is 0 Å². The summed E-state index contributed by atoms with van der Waals surface area (Å²) in [6.45, 7) is 0.784. The second-order valence-corrected chi connectivity index (χ2v) is 3.57. The van der Waals surface area contributed by atoms with E-state index in [1.54, 1.807) is 24.3 Å². The Bertz CT molecular complexity index is 438. The minimum absolute atomic E-state index is 0.379. The fourth-order valence-electron chi connectivity index (χ4n) is 1.24. The van der Waals surface area contributed by atoms with E-state index >= 15 is 0 Å². The van der Waals surface area contributed by atoms with Crippen molar-refractivity contribution in [3.63, 3.8) is 0 Å². The first-order valence-corrected chi connectivity index (χ1v) is 5.45. The summed E-state index contributed by atoms with van der Waals surface area (Å²) in [5.41, 5.74) is 1.94. The van der Waals surface area contributed by atoms with Crippen LogP contribution in [0.25, 0.3) is 0 Å². The third kappa shape index (κ3) is 5.07. The van der Waals surface area contributed by atoms with Crippen molar-refractivity contribution in [2.45, 2.75) is 0 Å². The zero-order valence-electron chi connectivity index (χ0n) is 9.85. The number of carbonyl (C=O) groups is 2. The quantitative estimate of drug-likeness (QED) is 0.365. The Labute approximate surface area is 105 Å². The first-order valence-electron chi connectivity index (χ1n) is 5.45. The molecule has 0 bridgehead atoms. The van der Waals surface area contributed by atoms with Gasteiger partial charge in [0.25, 0.3) is 0 Å². The largest absolute Gasteiger partial charge is 0.385 e. The first kappa shape index (κ1) is 13.6. The van der Waals surface area contributed by atoms with Crippen LogP contribution >= 0.6 is 0 Å². The predicted octanol–water partition coefficient (Wildman–Crippen LogP) is 1.23. The average molecular weight is 245 g/mol. The molecule has 5 nitrogen and oxygen atoms in total. The van der Waals surface area contributed by atoms with E-state index in [-0.39, 0.29) is 0 Å². The fourth-order valence-corrected chi connectivity index (χ4v) is 1.24. The Morgan fingerprint density at radius 3 is 2.50 bits per heavy atom. The van der Waals surface area contributed by atoms with Crippen molar-refractivity contribution in [2.75, 3.05) is 18.4 Å². The Morgan fingerprint density at radius 2 is 1.89 bits per heavy atom. The molecule has 0 aliphatic rings. The van der Waals surface area contributed by atoms with E-state index in [9.17, 15) is 9.59 Å². The van der Waals surface area contributed by atoms with Crippen LogP contribution in [0.2, 0.25) is 0 Å². The van der Waals surface area contributed by atoms with Crippen LogP contribution in [0.4, 0.5) is 5.69 Å². The molecular weight excluding hydrogens is 230 g/mol. The van der Waals surface area contributed by atoms with Gasteiger partial charge in [-0.3, -0.25) is 9.59 Å². The van der Waals surface area contributed by atoms with Gasteiger partial charge in [-0.1, -0.05) is 0 Å². The van der Waals surface area contributed by atoms with E-state index in [1.165, 1.54) is 12.3 Å². The highest BCUT2D eigenvalue weighted by atomic mass is 16.1. The number of nitrogens with one attached hydrogen (secondary N) is 3. The zero-order chi connectivity index (χ0) is 13.2. The minimum Gasteiger partial charge on any atom is -0.385 e. The maximum Gasteiger partial charge on any atom is 0.150 e. The van der Waals surface area contributed by atoms with Gasteiger partial charge < -0.3 is 16.0 Å². The standard InChI is InChI=1S/C13H15N3O2/c14-12(8-15-6-1-7-17)9-16-13-4-2-11(10-18)3-5-13/h1-7,10,14-16H,8-9H2/b6-1+,14-12?. The van der Waals surface area contributed by atoms with E-state index < -0.39 is 0 Å². The third-order valence-electron chi connectivity index (χ3n) is 2.16. The van der Waals surface area contributed by atoms with Gasteiger partial charge in [-0.05, 0) is 36.5 Å². The van der Waals surface area contributed by atoms with Crippen molar-refractivity contribution >= 4 is 24.0 Å². The molecule has 1 rings (SSSR count). The number of hydrogen-bond acceptors (Lipinski definition) is 5. The Kier molecular flexibility index (Phi) is 5.89. The van der Waals surface area contributed by atoms with Gasteiger partial charge >= 0.3 is 0 Å². The SMILES string of the molecule is N=C(CN/C=C/C=O)CNc1ccc(C=O)cc1. The van der Waals surface area contributed by atoms with Crippen LogP contribution < -0.4 is 10.6 Å². The second kappa shape index (κ2) is 7.78. The molecule has 0 heterocycles. The number of anilines is 1. The topological polar surface area (TPSA) is 82.1 Å². The summed E-state index contributed by atoms with van der Waals surface area (Å²) in [6, 6.07) is 7.00. The number of carbonyl (C=O) groups excluding carboxylic acids is 2. The van der Waals surface area contributed by atoms with Gasteiger partial charge in [0.1, 0.15) is 12.6 Å². The summed E-state index contributed by atoms with van der Waals surface area (Å²) in [4.78, 5) is 20.5. The Morgan fingerprint density at radius 1 is 1.17 bits per heavy atom. The summed E-state index contributed by atoms with van der Waals surface area (Å²) in [5.74, 6) is 0. The number of allylic oxidation sites excluding steroid dienone is 1. The number of aldehydes is 2. The highest BCUT2D eigenvalue weighted by Crippen LogP contribution is 2.07. The molecule has 5 heteroatoms. The van der Waals surface area contributed by atoms with Crippen molar-refractivity contribution in [2.24, 2.45) is 0 Å². The maximum atomic E-state index is 10.5. The summed E-state index contributed by atoms with van der Waals surface area (Å²) in [5, 5.41) is 13.5. The molecular formula is C13H15N3O2. The van der Waals surface area contributed by atoms with Crippen LogP contribution in [0.15, 0.2) is 36.5 Å². The highest BCUT2D eigenvalue weighted by molar-refractivity contribution is 5.87. The molecule has 1 aromatic carbocycles. The molecule has 94 valence electrons. The number of hydrogen-bond donors (Lipinski definition) is 3. The van der Waals surface area contributed by atoms with Gasteiger partial charge in [-0.25, -0.2) is 0 Å². The Balaban J connectivity index is 2.30. The molecule has 18 heavy (non-hydrogen) atoms. The van der Waals surface area contributed by atoms with Crippen molar-refractivity contribution in [1.29, 1.82) is 5.41 Å². The summed E-state index contributed by atoms with van der Waals surface area (Å²) in [7, 11) is 0. The van der Waals surface area contributed by atoms with Crippen molar-refractivity contribution in [3.05, 3.63) is 42.1 Å². The molecule has 0 radical (unpaired) electrons. The zero-order valence-corrected chi connectivity index (χ0v) is 9.85. The van der Waals surface area contributed by atoms with Gasteiger partial charge in [-0.2, -0.15) is 0 Å². The predicted molar refractivity (Wildman–Crippen MR) is 71.3 cm³/mol. The van der Waals surface area contributed by atoms with Crippen molar-refractivity contribution in [1.82, 2.24) is 5.32 Å². The number of rotatable bonds is 8. The lowest BCUT2D eigenvalue weighted by molar-refractivity contribution is -0.104. The maximum absolute atomic E-state index is 10.5. The molecule has 0 aliphatic carbocycles. The van der Waals surface area contributed by atoms with E-state index in [4.69, 9.17) is 5.41 Å². The van der Waals surface area contributed by atoms with E-state index in [1.807, 2.05) is 0 Å². The molecule has 0 aliphatic heterocycles. The molecule has 0 saturated carbocycles. The summed E-state index contributed by atoms with van der Waals surface area (Å²) >= 11 is 0. The summed E-state index contributed by atoms with van der Waals surface area (Å²) in [6.07, 6.45) is 4.29. The van der Waals surface area contributed by atoms with Gasteiger partial charge in [0.2, 0.25) is 0 Å². The molecule has 3 N–H and O–H groups in total. The van der Waals surface area contributed by atoms with Gasteiger partial charge in [0.05, 0.1) is 13.1 Å². The molecule has 0 unspecified atom stereocenters. The monoisotopic (exact) mass is 245 g/mol. The molecule has 0 fully saturated rings. The lowest BCUT2D eigenvalue weighted by Gasteiger charge is -2.07. The first-order chi connectivity index (χ1) is 8.76. The molecule has 0 amide bonds. The fraction of sp³-hybridized carbons (Fsp3) is 0.154. The van der Waals surface area contributed by atoms with Gasteiger partial charge in [0, 0.05) is 17.0 Å². The van der Waals surface area contributed by atoms with E-state index in [2.05, 4.69) is 10.6 Å². The minimum atomic E-state index is 0.379. The summed E-state index contributed by atoms with van der Waals surface area (Å²) < 4.78 is 0. The number of benzene rings is 1. The second-order valence-electron chi connectivity index (χ2n) is 3.57. The van der Waals surface area contributed by atoms with Crippen LogP contribution in [0.3, 0.4) is 0 Å². The molecule has 0 spiro atoms. The molecule has 1 aromatic rings. The normalized spacial score (nSPS) is 10.0. The molecule has 0 aromatic heterocycles. The van der Waals surface area contributed by atoms with Gasteiger partial charge in [-0.15, -0.1) is 0 Å². The van der Waals surface area contributed by atoms with Crippen LogP contribution in [0.5, 0.6) is 0 Å². The average Bonchev–Trinajstić information content (AvgIpc) is 2.42. The van der Waals surface area contributed by atoms with Crippen LogP contribution in [0, 0.1) is 5.41 Å². The van der Waals surface area contributed by atoms with Crippen molar-refractivity contribution < 1.29 is 9.59 Å². The lowest BCUT2D eigenvalue weighted by Crippen LogP contribution is -2.24. The van der Waals surface area contributed by atoms with Crippen molar-refractivity contribution in [3.8, 4) is 0 Å². The third-order valence-corrected chi connectivity index (χ3v) is 2.16. The van der Waals surface area contributed by atoms with Crippen LogP contribution in [-0.2, 0) is 4.79 Å². The molecule has 0 saturated heterocycles. The van der Waals surface area contributed by atoms with Crippen LogP contribution in [0.1, 0.15) is 10.4 Å². The van der Waals surface area contributed by atoms with Crippen LogP contribution in [-0.4, -0.2) is 31.4 Å². The Hall–Kier alpha value is -2.43. The van der Waals surface area contributed by atoms with E-state index in [0.29, 0.717) is 30.7 Å². The lowest BCUT2D eigenvalue weighted by atomic mass is 10.2.